The number of nitrogens with zero attached hydrogens (tertiary/aromatic N) is 2. The van der Waals surface area contributed by atoms with E-state index in [4.69, 9.17) is 0 Å². The number of amides is 2. The summed E-state index contributed by atoms with van der Waals surface area (Å²) in [5.74, 6) is -0.614. The molecule has 0 bridgehead atoms. The second kappa shape index (κ2) is 9.67. The van der Waals surface area contributed by atoms with Gasteiger partial charge < -0.3 is 19.9 Å². The minimum atomic E-state index is -4.85. The maximum atomic E-state index is 13.2. The molecule has 1 aliphatic rings. The number of hydrogen-bond donors (Lipinski definition) is 1. The number of carbonyl (C=O) groups excluding carboxylic acids is 2. The Bertz CT molecular complexity index is 1140. The zero-order valence-electron chi connectivity index (χ0n) is 21.8. The van der Waals surface area contributed by atoms with Gasteiger partial charge in [-0.1, -0.05) is 30.3 Å². The lowest BCUT2D eigenvalue weighted by molar-refractivity contribution is -0.275. The van der Waals surface area contributed by atoms with Crippen LogP contribution in [0.2, 0.25) is 0 Å². The minimum absolute atomic E-state index is 0.0470. The second-order valence-electron chi connectivity index (χ2n) is 10.9. The summed E-state index contributed by atoms with van der Waals surface area (Å²) in [6.07, 6.45) is -4.49. The fourth-order valence-corrected chi connectivity index (χ4v) is 4.65. The Kier molecular flexibility index (Phi) is 7.35. The summed E-state index contributed by atoms with van der Waals surface area (Å²) in [7, 11) is 3.39. The van der Waals surface area contributed by atoms with Crippen LogP contribution in [0.1, 0.15) is 57.4 Å². The van der Waals surface area contributed by atoms with Crippen molar-refractivity contribution in [2.75, 3.05) is 25.5 Å². The molecule has 2 amide bonds. The van der Waals surface area contributed by atoms with Gasteiger partial charge in [-0.3, -0.25) is 9.59 Å². The van der Waals surface area contributed by atoms with Crippen molar-refractivity contribution in [1.29, 1.82) is 0 Å². The molecule has 1 unspecified atom stereocenters. The molecule has 1 atom stereocenters. The molecule has 0 saturated heterocycles. The van der Waals surface area contributed by atoms with Crippen LogP contribution in [0.3, 0.4) is 0 Å². The van der Waals surface area contributed by atoms with Crippen LogP contribution in [-0.2, 0) is 21.4 Å². The Hall–Kier alpha value is -3.23. The molecular formula is C27H34F3N3O3. The van der Waals surface area contributed by atoms with Crippen LogP contribution in [0, 0.1) is 0 Å². The number of para-hydroxylation sites is 1. The molecule has 1 heterocycles. The van der Waals surface area contributed by atoms with E-state index in [0.29, 0.717) is 12.0 Å². The van der Waals surface area contributed by atoms with Crippen molar-refractivity contribution < 1.29 is 27.5 Å². The quantitative estimate of drug-likeness (QED) is 0.602. The molecule has 2 aromatic rings. The first-order valence-electron chi connectivity index (χ1n) is 11.8. The largest absolute Gasteiger partial charge is 0.573 e. The Morgan fingerprint density at radius 1 is 1.06 bits per heavy atom. The monoisotopic (exact) mass is 505 g/mol. The summed E-state index contributed by atoms with van der Waals surface area (Å²) in [5, 5.41) is 2.92. The van der Waals surface area contributed by atoms with Crippen LogP contribution < -0.4 is 15.0 Å². The van der Waals surface area contributed by atoms with Crippen molar-refractivity contribution in [3.8, 4) is 5.75 Å². The van der Waals surface area contributed by atoms with Gasteiger partial charge in [0.15, 0.2) is 0 Å². The van der Waals surface area contributed by atoms with E-state index < -0.39 is 23.4 Å². The maximum absolute atomic E-state index is 13.2. The van der Waals surface area contributed by atoms with Gasteiger partial charge in [0.2, 0.25) is 11.8 Å². The molecule has 1 aliphatic heterocycles. The normalized spacial score (nSPS) is 15.9. The summed E-state index contributed by atoms with van der Waals surface area (Å²) in [5.41, 5.74) is 1.44. The lowest BCUT2D eigenvalue weighted by atomic mass is 9.82. The first-order chi connectivity index (χ1) is 16.5. The van der Waals surface area contributed by atoms with Crippen molar-refractivity contribution in [3.63, 3.8) is 0 Å². The van der Waals surface area contributed by atoms with E-state index in [1.165, 1.54) is 17.0 Å². The lowest BCUT2D eigenvalue weighted by Gasteiger charge is -2.31. The van der Waals surface area contributed by atoms with E-state index in [1.807, 2.05) is 52.8 Å². The number of rotatable bonds is 6. The summed E-state index contributed by atoms with van der Waals surface area (Å²) in [4.78, 5) is 29.0. The third-order valence-corrected chi connectivity index (χ3v) is 6.17. The Labute approximate surface area is 210 Å². The molecule has 0 saturated carbocycles. The Morgan fingerprint density at radius 2 is 1.69 bits per heavy atom. The average molecular weight is 506 g/mol. The van der Waals surface area contributed by atoms with Crippen molar-refractivity contribution in [2.45, 2.75) is 64.4 Å². The van der Waals surface area contributed by atoms with Gasteiger partial charge in [-0.05, 0) is 64.3 Å². The molecule has 1 N–H and O–H groups in total. The second-order valence-corrected chi connectivity index (χ2v) is 10.9. The van der Waals surface area contributed by atoms with Crippen LogP contribution in [0.4, 0.5) is 18.9 Å². The summed E-state index contributed by atoms with van der Waals surface area (Å²) < 4.78 is 43.8. The zero-order chi connectivity index (χ0) is 27.1. The standard InChI is InChI=1S/C27H34F3N3O3/c1-25(2,3)31-23(34)16-33-20-13-12-18(26(4,5)24(35)32(6)7)14-17(20)15-21(33)19-10-8-9-11-22(19)36-27(28,29)30/h8-14,21H,15-16H2,1-7H3,(H,31,34). The Morgan fingerprint density at radius 3 is 2.28 bits per heavy atom. The SMILES string of the molecule is CN(C)C(=O)C(C)(C)c1ccc2c(c1)CC(c1ccccc1OC(F)(F)F)N2CC(=O)NC(C)(C)C. The third-order valence-electron chi connectivity index (χ3n) is 6.17. The van der Waals surface area contributed by atoms with Crippen molar-refractivity contribution in [3.05, 3.63) is 59.2 Å². The van der Waals surface area contributed by atoms with Crippen LogP contribution >= 0.6 is 0 Å². The number of ether oxygens (including phenoxy) is 1. The van der Waals surface area contributed by atoms with Gasteiger partial charge in [0.05, 0.1) is 18.0 Å². The minimum Gasteiger partial charge on any atom is -0.405 e. The number of halogens is 3. The molecule has 0 radical (unpaired) electrons. The molecule has 3 rings (SSSR count). The van der Waals surface area contributed by atoms with Gasteiger partial charge in [-0.25, -0.2) is 0 Å². The van der Waals surface area contributed by atoms with Gasteiger partial charge >= 0.3 is 6.36 Å². The topological polar surface area (TPSA) is 61.9 Å². The van der Waals surface area contributed by atoms with Gasteiger partial charge in [0, 0.05) is 30.9 Å². The molecule has 0 aliphatic carbocycles. The summed E-state index contributed by atoms with van der Waals surface area (Å²) in [6, 6.07) is 11.0. The van der Waals surface area contributed by atoms with E-state index in [0.717, 1.165) is 16.8 Å². The number of hydrogen-bond acceptors (Lipinski definition) is 4. The van der Waals surface area contributed by atoms with Crippen molar-refractivity contribution >= 4 is 17.5 Å². The predicted molar refractivity (Wildman–Crippen MR) is 133 cm³/mol. The smallest absolute Gasteiger partial charge is 0.405 e. The molecule has 2 aromatic carbocycles. The summed E-state index contributed by atoms with van der Waals surface area (Å²) >= 11 is 0. The molecule has 36 heavy (non-hydrogen) atoms. The number of carbonyl (C=O) groups is 2. The van der Waals surface area contributed by atoms with Crippen LogP contribution in [-0.4, -0.2) is 49.3 Å². The Balaban J connectivity index is 2.06. The van der Waals surface area contributed by atoms with Crippen molar-refractivity contribution in [2.24, 2.45) is 0 Å². The van der Waals surface area contributed by atoms with Gasteiger partial charge in [0.1, 0.15) is 5.75 Å². The van der Waals surface area contributed by atoms with E-state index in [9.17, 15) is 22.8 Å². The highest BCUT2D eigenvalue weighted by atomic mass is 19.4. The molecule has 0 spiro atoms. The number of benzene rings is 2. The fourth-order valence-electron chi connectivity index (χ4n) is 4.65. The molecule has 6 nitrogen and oxygen atoms in total. The van der Waals surface area contributed by atoms with Gasteiger partial charge in [0.25, 0.3) is 0 Å². The van der Waals surface area contributed by atoms with E-state index in [-0.39, 0.29) is 24.1 Å². The van der Waals surface area contributed by atoms with Crippen LogP contribution in [0.25, 0.3) is 0 Å². The van der Waals surface area contributed by atoms with Crippen molar-refractivity contribution in [1.82, 2.24) is 10.2 Å². The molecule has 196 valence electrons. The van der Waals surface area contributed by atoms with Crippen LogP contribution in [0.5, 0.6) is 5.75 Å². The van der Waals surface area contributed by atoms with Crippen LogP contribution in [0.15, 0.2) is 42.5 Å². The molecular weight excluding hydrogens is 471 g/mol. The highest BCUT2D eigenvalue weighted by molar-refractivity contribution is 5.88. The third kappa shape index (κ3) is 6.12. The zero-order valence-corrected chi connectivity index (χ0v) is 21.8. The van der Waals surface area contributed by atoms with E-state index in [1.54, 1.807) is 31.1 Å². The average Bonchev–Trinajstić information content (AvgIpc) is 3.08. The number of fused-ring (bicyclic) bond motifs is 1. The van der Waals surface area contributed by atoms with Gasteiger partial charge in [-0.15, -0.1) is 13.2 Å². The molecule has 9 heteroatoms. The maximum Gasteiger partial charge on any atom is 0.573 e. The summed E-state index contributed by atoms with van der Waals surface area (Å²) in [6.45, 7) is 9.22. The first-order valence-corrected chi connectivity index (χ1v) is 11.8. The number of alkyl halides is 3. The van der Waals surface area contributed by atoms with E-state index >= 15 is 0 Å². The van der Waals surface area contributed by atoms with Gasteiger partial charge in [-0.2, -0.15) is 0 Å². The number of anilines is 1. The highest BCUT2D eigenvalue weighted by Gasteiger charge is 2.39. The number of nitrogens with one attached hydrogen (secondary N) is 1. The molecule has 0 aromatic heterocycles. The predicted octanol–water partition coefficient (Wildman–Crippen LogP) is 4.97. The highest BCUT2D eigenvalue weighted by Crippen LogP contribution is 2.45. The fraction of sp³-hybridized carbons (Fsp3) is 0.481. The number of likely N-dealkylation sites (N-methyl/N-ethyl adjacent to an activating group) is 1. The van der Waals surface area contributed by atoms with E-state index in [2.05, 4.69) is 10.1 Å². The first kappa shape index (κ1) is 27.4. The molecule has 0 fully saturated rings. The lowest BCUT2D eigenvalue weighted by Crippen LogP contribution is -2.46.